The van der Waals surface area contributed by atoms with Crippen molar-refractivity contribution in [1.82, 2.24) is 4.98 Å². The molecule has 5 rings (SSSR count). The third kappa shape index (κ3) is 3.89. The highest BCUT2D eigenvalue weighted by molar-refractivity contribution is 6.31. The molecular weight excluding hydrogens is 455 g/mol. The smallest absolute Gasteiger partial charge is 0.264 e. The van der Waals surface area contributed by atoms with E-state index >= 15 is 0 Å². The summed E-state index contributed by atoms with van der Waals surface area (Å²) >= 11 is 6.14. The molecule has 0 aliphatic carbocycles. The molecule has 7 heteroatoms. The monoisotopic (exact) mass is 476 g/mol. The third-order valence-corrected chi connectivity index (χ3v) is 6.61. The van der Waals surface area contributed by atoms with Crippen LogP contribution in [0.5, 0.6) is 0 Å². The zero-order valence-corrected chi connectivity index (χ0v) is 19.0. The van der Waals surface area contributed by atoms with E-state index in [0.717, 1.165) is 16.5 Å². The molecule has 5 nitrogen and oxygen atoms in total. The highest BCUT2D eigenvalue weighted by Gasteiger charge is 2.50. The van der Waals surface area contributed by atoms with Gasteiger partial charge in [-0.05, 0) is 66.9 Å². The summed E-state index contributed by atoms with van der Waals surface area (Å²) in [7, 11) is 0. The van der Waals surface area contributed by atoms with Gasteiger partial charge in [0.1, 0.15) is 5.82 Å². The maximum Gasteiger partial charge on any atom is 0.264 e. The van der Waals surface area contributed by atoms with E-state index < -0.39 is 29.5 Å². The van der Waals surface area contributed by atoms with Crippen molar-refractivity contribution in [3.05, 3.63) is 100 Å². The zero-order chi connectivity index (χ0) is 23.9. The Balaban J connectivity index is 1.35. The van der Waals surface area contributed by atoms with E-state index in [9.17, 15) is 19.1 Å². The van der Waals surface area contributed by atoms with Crippen LogP contribution in [0.15, 0.2) is 72.9 Å². The van der Waals surface area contributed by atoms with Crippen LogP contribution >= 0.6 is 11.6 Å². The fraction of sp³-hybridized carbons (Fsp3) is 0.185. The maximum absolute atomic E-state index is 13.4. The predicted molar refractivity (Wildman–Crippen MR) is 130 cm³/mol. The van der Waals surface area contributed by atoms with Crippen molar-refractivity contribution in [3.63, 3.8) is 0 Å². The van der Waals surface area contributed by atoms with Gasteiger partial charge in [0.05, 0.1) is 12.1 Å². The van der Waals surface area contributed by atoms with E-state index in [1.54, 1.807) is 29.2 Å². The van der Waals surface area contributed by atoms with Crippen LogP contribution in [-0.4, -0.2) is 28.3 Å². The molecule has 1 aliphatic rings. The first kappa shape index (κ1) is 22.3. The third-order valence-electron chi connectivity index (χ3n) is 6.38. The van der Waals surface area contributed by atoms with Crippen LogP contribution in [-0.2, 0) is 16.8 Å². The first-order valence-corrected chi connectivity index (χ1v) is 11.4. The van der Waals surface area contributed by atoms with Gasteiger partial charge < -0.3 is 15.0 Å². The van der Waals surface area contributed by atoms with Crippen LogP contribution < -0.4 is 4.90 Å². The van der Waals surface area contributed by atoms with Crippen molar-refractivity contribution in [1.29, 1.82) is 0 Å². The van der Waals surface area contributed by atoms with Gasteiger partial charge in [-0.25, -0.2) is 4.39 Å². The highest BCUT2D eigenvalue weighted by atomic mass is 35.5. The topological polar surface area (TPSA) is 73.4 Å². The largest absolute Gasteiger partial charge is 0.375 e. The molecule has 1 amide bonds. The van der Waals surface area contributed by atoms with Gasteiger partial charge >= 0.3 is 0 Å². The van der Waals surface area contributed by atoms with Crippen LogP contribution in [0.4, 0.5) is 10.1 Å². The summed E-state index contributed by atoms with van der Waals surface area (Å²) in [6, 6.07) is 17.8. The van der Waals surface area contributed by atoms with E-state index in [4.69, 9.17) is 11.6 Å². The van der Waals surface area contributed by atoms with Crippen LogP contribution in [0.3, 0.4) is 0 Å². The quantitative estimate of drug-likeness (QED) is 0.351. The van der Waals surface area contributed by atoms with Crippen LogP contribution in [0, 0.1) is 5.82 Å². The first-order valence-electron chi connectivity index (χ1n) is 11.0. The summed E-state index contributed by atoms with van der Waals surface area (Å²) < 4.78 is 13.2. The second kappa shape index (κ2) is 8.70. The molecule has 0 radical (unpaired) electrons. The Morgan fingerprint density at radius 3 is 2.65 bits per heavy atom. The lowest BCUT2D eigenvalue weighted by Crippen LogP contribution is -2.42. The summed E-state index contributed by atoms with van der Waals surface area (Å²) in [6.45, 7) is 0.385. The second-order valence-electron chi connectivity index (χ2n) is 8.55. The maximum atomic E-state index is 13.4. The van der Waals surface area contributed by atoms with Crippen molar-refractivity contribution in [3.8, 4) is 0 Å². The minimum absolute atomic E-state index is 0.247. The number of nitrogens with zero attached hydrogens (tertiary/aromatic N) is 1. The summed E-state index contributed by atoms with van der Waals surface area (Å²) in [4.78, 5) is 31.0. The molecule has 4 aromatic rings. The summed E-state index contributed by atoms with van der Waals surface area (Å²) in [5.74, 6) is -1.41. The normalized spacial score (nSPS) is 17.4. The number of benzene rings is 3. The number of amides is 1. The van der Waals surface area contributed by atoms with Gasteiger partial charge in [-0.3, -0.25) is 9.59 Å². The Kier molecular flexibility index (Phi) is 5.71. The molecule has 1 atom stereocenters. The van der Waals surface area contributed by atoms with Gasteiger partial charge in [-0.2, -0.15) is 0 Å². The average molecular weight is 477 g/mol. The Hall–Kier alpha value is -3.48. The molecule has 0 saturated carbocycles. The summed E-state index contributed by atoms with van der Waals surface area (Å²) in [5, 5.41) is 13.1. The first-order chi connectivity index (χ1) is 16.4. The lowest BCUT2D eigenvalue weighted by atomic mass is 9.88. The molecule has 0 unspecified atom stereocenters. The lowest BCUT2D eigenvalue weighted by molar-refractivity contribution is -0.135. The van der Waals surface area contributed by atoms with E-state index in [1.807, 2.05) is 24.4 Å². The van der Waals surface area contributed by atoms with Crippen molar-refractivity contribution in [2.24, 2.45) is 0 Å². The van der Waals surface area contributed by atoms with Crippen molar-refractivity contribution < 1.29 is 19.1 Å². The minimum atomic E-state index is -1.96. The fourth-order valence-corrected chi connectivity index (χ4v) is 4.83. The highest BCUT2D eigenvalue weighted by Crippen LogP contribution is 2.43. The van der Waals surface area contributed by atoms with E-state index in [0.29, 0.717) is 35.7 Å². The lowest BCUT2D eigenvalue weighted by Gasteiger charge is -2.23. The molecule has 0 bridgehead atoms. The second-order valence-corrected chi connectivity index (χ2v) is 8.98. The van der Waals surface area contributed by atoms with Gasteiger partial charge in [0.25, 0.3) is 5.91 Å². The van der Waals surface area contributed by atoms with Crippen LogP contribution in [0.25, 0.3) is 10.9 Å². The number of aromatic nitrogens is 1. The van der Waals surface area contributed by atoms with E-state index in [1.165, 1.54) is 24.3 Å². The van der Waals surface area contributed by atoms with E-state index in [-0.39, 0.29) is 5.56 Å². The van der Waals surface area contributed by atoms with Gasteiger partial charge in [0.15, 0.2) is 11.4 Å². The number of anilines is 1. The zero-order valence-electron chi connectivity index (χ0n) is 18.2. The Morgan fingerprint density at radius 1 is 1.09 bits per heavy atom. The molecule has 2 N–H and O–H groups in total. The van der Waals surface area contributed by atoms with E-state index in [2.05, 4.69) is 4.98 Å². The Morgan fingerprint density at radius 2 is 1.85 bits per heavy atom. The van der Waals surface area contributed by atoms with Gasteiger partial charge in [0, 0.05) is 39.8 Å². The number of nitrogens with one attached hydrogen (secondary N) is 1. The SMILES string of the molecule is O=C(C[C@]1(O)C(=O)N(CCCc2c[nH]c3ccc(Cl)cc23)c2ccccc21)c1ccc(F)cc1. The summed E-state index contributed by atoms with van der Waals surface area (Å²) in [5.41, 5.74) is 1.39. The molecule has 3 aromatic carbocycles. The number of fused-ring (bicyclic) bond motifs is 2. The number of hydrogen-bond acceptors (Lipinski definition) is 3. The standard InChI is InChI=1S/C27H22ClFN2O3/c28-19-9-12-23-21(14-19)18(16-30-23)4-3-13-31-24-6-2-1-5-22(24)27(34,26(31)33)15-25(32)17-7-10-20(29)11-8-17/h1-2,5-12,14,16,30,34H,3-4,13,15H2/t27-/m1/s1. The number of ketones is 1. The number of Topliss-reactive ketones (excluding diaryl/α,β-unsaturated/α-hetero) is 1. The number of hydrogen-bond donors (Lipinski definition) is 2. The number of halogens is 2. The van der Waals surface area contributed by atoms with Gasteiger partial charge in [-0.1, -0.05) is 29.8 Å². The fourth-order valence-electron chi connectivity index (χ4n) is 4.65. The van der Waals surface area contributed by atoms with Crippen molar-refractivity contribution >= 4 is 39.9 Å². The van der Waals surface area contributed by atoms with Crippen molar-refractivity contribution in [2.45, 2.75) is 24.9 Å². The number of H-pyrrole nitrogens is 1. The number of aromatic amines is 1. The predicted octanol–water partition coefficient (Wildman–Crippen LogP) is 5.40. The number of para-hydroxylation sites is 1. The number of aliphatic hydroxyl groups is 1. The van der Waals surface area contributed by atoms with Gasteiger partial charge in [0.2, 0.25) is 0 Å². The van der Waals surface area contributed by atoms with Gasteiger partial charge in [-0.15, -0.1) is 0 Å². The molecule has 172 valence electrons. The molecule has 0 spiro atoms. The van der Waals surface area contributed by atoms with Crippen molar-refractivity contribution in [2.75, 3.05) is 11.4 Å². The molecule has 0 saturated heterocycles. The molecule has 0 fully saturated rings. The summed E-state index contributed by atoms with van der Waals surface area (Å²) in [6.07, 6.45) is 2.89. The van der Waals surface area contributed by atoms with Crippen LogP contribution in [0.1, 0.15) is 34.3 Å². The Bertz CT molecular complexity index is 1400. The number of carbonyl (C=O) groups is 2. The number of aryl methyl sites for hydroxylation is 1. The minimum Gasteiger partial charge on any atom is -0.375 e. The molecule has 2 heterocycles. The van der Waals surface area contributed by atoms with Crippen LogP contribution in [0.2, 0.25) is 5.02 Å². The number of carbonyl (C=O) groups excluding carboxylic acids is 2. The molecule has 34 heavy (non-hydrogen) atoms. The average Bonchev–Trinajstić information content (AvgIpc) is 3.32. The molecular formula is C27H22ClFN2O3. The number of rotatable bonds is 7. The molecule has 1 aromatic heterocycles. The Labute approximate surface area is 200 Å². The molecule has 1 aliphatic heterocycles.